The molecule has 0 fully saturated rings. The van der Waals surface area contributed by atoms with Gasteiger partial charge < -0.3 is 9.64 Å². The Morgan fingerprint density at radius 2 is 2.00 bits per heavy atom. The summed E-state index contributed by atoms with van der Waals surface area (Å²) >= 11 is 0. The monoisotopic (exact) mass is 259 g/mol. The highest BCUT2D eigenvalue weighted by Crippen LogP contribution is 2.37. The van der Waals surface area contributed by atoms with Gasteiger partial charge in [0, 0.05) is 19.4 Å². The van der Waals surface area contributed by atoms with Gasteiger partial charge in [-0.1, -0.05) is 12.1 Å². The number of anilines is 1. The Labute approximate surface area is 112 Å². The van der Waals surface area contributed by atoms with Crippen molar-refractivity contribution in [3.8, 4) is 0 Å². The molecule has 4 heteroatoms. The summed E-state index contributed by atoms with van der Waals surface area (Å²) in [5, 5.41) is 0. The van der Waals surface area contributed by atoms with Crippen molar-refractivity contribution in [1.82, 2.24) is 0 Å². The maximum Gasteiger partial charge on any atom is 0.305 e. The number of hydrogen-bond donors (Lipinski definition) is 0. The minimum absolute atomic E-state index is 0.175. The lowest BCUT2D eigenvalue weighted by molar-refractivity contribution is -0.140. The van der Waals surface area contributed by atoms with E-state index in [9.17, 15) is 9.59 Å². The van der Waals surface area contributed by atoms with Crippen molar-refractivity contribution >= 4 is 17.6 Å². The molecule has 1 aromatic rings. The van der Waals surface area contributed by atoms with Gasteiger partial charge in [-0.05, 0) is 36.0 Å². The predicted molar refractivity (Wildman–Crippen MR) is 71.2 cm³/mol. The average Bonchev–Trinajstić information content (AvgIpc) is 2.85. The summed E-state index contributed by atoms with van der Waals surface area (Å²) in [5.41, 5.74) is 4.83. The molecule has 0 saturated heterocycles. The van der Waals surface area contributed by atoms with E-state index in [2.05, 4.69) is 16.9 Å². The van der Waals surface area contributed by atoms with Crippen molar-refractivity contribution in [1.29, 1.82) is 0 Å². The van der Waals surface area contributed by atoms with Crippen LogP contribution in [0.5, 0.6) is 0 Å². The number of esters is 1. The van der Waals surface area contributed by atoms with Crippen molar-refractivity contribution in [2.75, 3.05) is 18.6 Å². The van der Waals surface area contributed by atoms with Gasteiger partial charge in [-0.15, -0.1) is 0 Å². The van der Waals surface area contributed by atoms with E-state index in [0.717, 1.165) is 25.1 Å². The first-order valence-electron chi connectivity index (χ1n) is 6.71. The second-order valence-corrected chi connectivity index (χ2v) is 5.13. The number of ether oxygens (including phenoxy) is 1. The van der Waals surface area contributed by atoms with Crippen LogP contribution < -0.4 is 4.90 Å². The van der Waals surface area contributed by atoms with Crippen LogP contribution in [0.4, 0.5) is 5.69 Å². The standard InChI is InChI=1S/C15H17NO3/c1-19-14(18)5-2-10-8-11-3-4-13(17)16-7-6-12(9-10)15(11)16/h8-9H,2-7H2,1H3. The highest BCUT2D eigenvalue weighted by Gasteiger charge is 2.31. The fraction of sp³-hybridized carbons (Fsp3) is 0.467. The van der Waals surface area contributed by atoms with Crippen LogP contribution in [-0.2, 0) is 33.6 Å². The highest BCUT2D eigenvalue weighted by molar-refractivity contribution is 5.98. The molecule has 0 unspecified atom stereocenters. The minimum atomic E-state index is -0.175. The summed E-state index contributed by atoms with van der Waals surface area (Å²) in [6.07, 6.45) is 3.48. The number of aryl methyl sites for hydroxylation is 2. The number of nitrogens with zero attached hydrogens (tertiary/aromatic N) is 1. The van der Waals surface area contributed by atoms with E-state index in [0.29, 0.717) is 19.3 Å². The summed E-state index contributed by atoms with van der Waals surface area (Å²) in [6, 6.07) is 4.28. The molecule has 0 radical (unpaired) electrons. The SMILES string of the molecule is COC(=O)CCc1cc2c3c(c1)CCN3C(=O)CC2. The lowest BCUT2D eigenvalue weighted by Gasteiger charge is -2.25. The number of rotatable bonds is 3. The number of carbonyl (C=O) groups is 2. The second kappa shape index (κ2) is 4.68. The molecule has 0 bridgehead atoms. The molecule has 0 spiro atoms. The molecule has 3 rings (SSSR count). The summed E-state index contributed by atoms with van der Waals surface area (Å²) < 4.78 is 4.67. The quantitative estimate of drug-likeness (QED) is 0.775. The molecule has 0 atom stereocenters. The first-order valence-corrected chi connectivity index (χ1v) is 6.71. The van der Waals surface area contributed by atoms with E-state index in [1.54, 1.807) is 0 Å². The van der Waals surface area contributed by atoms with E-state index in [4.69, 9.17) is 0 Å². The molecule has 0 N–H and O–H groups in total. The van der Waals surface area contributed by atoms with Crippen LogP contribution in [0.15, 0.2) is 12.1 Å². The lowest BCUT2D eigenvalue weighted by atomic mass is 9.95. The van der Waals surface area contributed by atoms with E-state index >= 15 is 0 Å². The van der Waals surface area contributed by atoms with E-state index in [1.807, 2.05) is 4.90 Å². The lowest BCUT2D eigenvalue weighted by Crippen LogP contribution is -2.32. The van der Waals surface area contributed by atoms with Gasteiger partial charge in [0.15, 0.2) is 0 Å². The first kappa shape index (κ1) is 12.2. The van der Waals surface area contributed by atoms with Crippen LogP contribution >= 0.6 is 0 Å². The largest absolute Gasteiger partial charge is 0.469 e. The molecule has 19 heavy (non-hydrogen) atoms. The average molecular weight is 259 g/mol. The van der Waals surface area contributed by atoms with Gasteiger partial charge in [-0.25, -0.2) is 0 Å². The zero-order valence-electron chi connectivity index (χ0n) is 11.1. The third kappa shape index (κ3) is 2.11. The summed E-state index contributed by atoms with van der Waals surface area (Å²) in [5.74, 6) is 0.0690. The number of hydrogen-bond acceptors (Lipinski definition) is 3. The molecule has 0 aliphatic carbocycles. The molecule has 2 aliphatic heterocycles. The fourth-order valence-electron chi connectivity index (χ4n) is 3.02. The van der Waals surface area contributed by atoms with Gasteiger partial charge in [0.1, 0.15) is 0 Å². The van der Waals surface area contributed by atoms with Crippen LogP contribution in [0.25, 0.3) is 0 Å². The van der Waals surface area contributed by atoms with Crippen LogP contribution in [0.1, 0.15) is 29.5 Å². The maximum atomic E-state index is 11.8. The Bertz CT molecular complexity index is 551. The molecular weight excluding hydrogens is 242 g/mol. The molecule has 0 saturated carbocycles. The Morgan fingerprint density at radius 1 is 1.26 bits per heavy atom. The molecule has 1 amide bonds. The Morgan fingerprint density at radius 3 is 2.74 bits per heavy atom. The van der Waals surface area contributed by atoms with E-state index in [1.165, 1.54) is 23.8 Å². The Balaban J connectivity index is 1.87. The topological polar surface area (TPSA) is 46.6 Å². The van der Waals surface area contributed by atoms with Crippen molar-refractivity contribution in [2.45, 2.75) is 32.1 Å². The van der Waals surface area contributed by atoms with Gasteiger partial charge >= 0.3 is 5.97 Å². The zero-order valence-corrected chi connectivity index (χ0v) is 11.1. The maximum absolute atomic E-state index is 11.8. The number of benzene rings is 1. The number of amides is 1. The van der Waals surface area contributed by atoms with Crippen molar-refractivity contribution in [2.24, 2.45) is 0 Å². The molecule has 4 nitrogen and oxygen atoms in total. The van der Waals surface area contributed by atoms with Crippen molar-refractivity contribution < 1.29 is 14.3 Å². The predicted octanol–water partition coefficient (Wildman–Crippen LogP) is 1.63. The molecule has 2 aliphatic rings. The Hall–Kier alpha value is -1.84. The van der Waals surface area contributed by atoms with Gasteiger partial charge in [0.2, 0.25) is 5.91 Å². The summed E-state index contributed by atoms with van der Waals surface area (Å²) in [7, 11) is 1.41. The van der Waals surface area contributed by atoms with E-state index < -0.39 is 0 Å². The minimum Gasteiger partial charge on any atom is -0.469 e. The van der Waals surface area contributed by atoms with Gasteiger partial charge in [0.25, 0.3) is 0 Å². The number of methoxy groups -OCH3 is 1. The normalized spacial score (nSPS) is 16.5. The molecular formula is C15H17NO3. The van der Waals surface area contributed by atoms with Crippen LogP contribution in [0, 0.1) is 0 Å². The zero-order chi connectivity index (χ0) is 13.4. The van der Waals surface area contributed by atoms with Gasteiger partial charge in [-0.2, -0.15) is 0 Å². The van der Waals surface area contributed by atoms with Crippen molar-refractivity contribution in [3.63, 3.8) is 0 Å². The summed E-state index contributed by atoms with van der Waals surface area (Å²) in [4.78, 5) is 24.9. The third-order valence-corrected chi connectivity index (χ3v) is 3.96. The fourth-order valence-corrected chi connectivity index (χ4v) is 3.02. The van der Waals surface area contributed by atoms with E-state index in [-0.39, 0.29) is 11.9 Å². The summed E-state index contributed by atoms with van der Waals surface area (Å²) in [6.45, 7) is 0.807. The molecule has 2 heterocycles. The first-order chi connectivity index (χ1) is 9.19. The molecule has 1 aromatic carbocycles. The van der Waals surface area contributed by atoms with Gasteiger partial charge in [0.05, 0.1) is 12.8 Å². The third-order valence-electron chi connectivity index (χ3n) is 3.96. The van der Waals surface area contributed by atoms with Crippen LogP contribution in [-0.4, -0.2) is 25.5 Å². The van der Waals surface area contributed by atoms with Gasteiger partial charge in [-0.3, -0.25) is 9.59 Å². The van der Waals surface area contributed by atoms with Crippen molar-refractivity contribution in [3.05, 3.63) is 28.8 Å². The smallest absolute Gasteiger partial charge is 0.305 e. The highest BCUT2D eigenvalue weighted by atomic mass is 16.5. The molecule has 0 aromatic heterocycles. The molecule has 100 valence electrons. The van der Waals surface area contributed by atoms with Crippen LogP contribution in [0.3, 0.4) is 0 Å². The number of carbonyl (C=O) groups excluding carboxylic acids is 2. The Kier molecular flexibility index (Phi) is 3.01. The second-order valence-electron chi connectivity index (χ2n) is 5.13. The van der Waals surface area contributed by atoms with Crippen LogP contribution in [0.2, 0.25) is 0 Å².